The Balaban J connectivity index is 1.85. The van der Waals surface area contributed by atoms with Crippen LogP contribution < -0.4 is 15.4 Å². The fourth-order valence-corrected chi connectivity index (χ4v) is 2.30. The molecule has 0 aliphatic rings. The van der Waals surface area contributed by atoms with Crippen molar-refractivity contribution in [2.24, 2.45) is 0 Å². The summed E-state index contributed by atoms with van der Waals surface area (Å²) < 4.78 is 10.6. The maximum absolute atomic E-state index is 11.9. The first-order chi connectivity index (χ1) is 12.1. The number of amides is 2. The molecule has 0 unspecified atom stereocenters. The van der Waals surface area contributed by atoms with Crippen LogP contribution in [0.1, 0.15) is 17.2 Å². The number of benzene rings is 2. The number of methoxy groups -OCH3 is 2. The van der Waals surface area contributed by atoms with Gasteiger partial charge in [0.1, 0.15) is 5.75 Å². The van der Waals surface area contributed by atoms with Gasteiger partial charge < -0.3 is 20.1 Å². The van der Waals surface area contributed by atoms with E-state index in [1.54, 1.807) is 14.2 Å². The summed E-state index contributed by atoms with van der Waals surface area (Å²) in [7, 11) is 3.13. The monoisotopic (exact) mass is 342 g/mol. The molecule has 0 aliphatic carbocycles. The zero-order valence-corrected chi connectivity index (χ0v) is 14.3. The Morgan fingerprint density at radius 3 is 2.36 bits per heavy atom. The van der Waals surface area contributed by atoms with Gasteiger partial charge in [-0.3, -0.25) is 9.59 Å². The van der Waals surface area contributed by atoms with Gasteiger partial charge >= 0.3 is 11.8 Å². The smallest absolute Gasteiger partial charge is 0.309 e. The molecule has 2 amide bonds. The Morgan fingerprint density at radius 2 is 1.68 bits per heavy atom. The van der Waals surface area contributed by atoms with Crippen LogP contribution in [0.5, 0.6) is 5.75 Å². The van der Waals surface area contributed by atoms with Gasteiger partial charge in [0.2, 0.25) is 0 Å². The van der Waals surface area contributed by atoms with Crippen LogP contribution in [-0.2, 0) is 20.9 Å². The average molecular weight is 342 g/mol. The lowest BCUT2D eigenvalue weighted by Crippen LogP contribution is -2.41. The van der Waals surface area contributed by atoms with Crippen molar-refractivity contribution < 1.29 is 19.1 Å². The fraction of sp³-hybridized carbons (Fsp3) is 0.263. The first-order valence-electron chi connectivity index (χ1n) is 7.90. The molecule has 6 nitrogen and oxygen atoms in total. The van der Waals surface area contributed by atoms with Crippen molar-refractivity contribution in [1.29, 1.82) is 0 Å². The van der Waals surface area contributed by atoms with Crippen LogP contribution in [0, 0.1) is 0 Å². The van der Waals surface area contributed by atoms with Crippen molar-refractivity contribution in [3.05, 3.63) is 65.7 Å². The number of hydrogen-bond acceptors (Lipinski definition) is 4. The summed E-state index contributed by atoms with van der Waals surface area (Å²) in [6, 6.07) is 16.8. The second kappa shape index (κ2) is 9.44. The number of carbonyl (C=O) groups excluding carboxylic acids is 2. The van der Waals surface area contributed by atoms with Gasteiger partial charge in [0.25, 0.3) is 0 Å². The number of hydrogen-bond donors (Lipinski definition) is 2. The summed E-state index contributed by atoms with van der Waals surface area (Å²) >= 11 is 0. The Hall–Kier alpha value is -2.86. The second-order valence-corrected chi connectivity index (χ2v) is 5.38. The number of ether oxygens (including phenoxy) is 2. The van der Waals surface area contributed by atoms with E-state index in [-0.39, 0.29) is 12.6 Å². The number of carbonyl (C=O) groups is 2. The van der Waals surface area contributed by atoms with Crippen LogP contribution >= 0.6 is 0 Å². The summed E-state index contributed by atoms with van der Waals surface area (Å²) in [6.45, 7) is 0.484. The second-order valence-electron chi connectivity index (χ2n) is 5.38. The van der Waals surface area contributed by atoms with Crippen molar-refractivity contribution in [2.45, 2.75) is 12.6 Å². The van der Waals surface area contributed by atoms with Gasteiger partial charge in [-0.2, -0.15) is 0 Å². The standard InChI is InChI=1S/C19H22N2O4/c1-24-16-10-6-9-15(11-16)17(25-2)13-21-19(23)18(22)20-12-14-7-4-3-5-8-14/h3-11,17H,12-13H2,1-2H3,(H,20,22)(H,21,23)/t17-/m1/s1. The molecule has 0 bridgehead atoms. The fourth-order valence-electron chi connectivity index (χ4n) is 2.30. The van der Waals surface area contributed by atoms with E-state index >= 15 is 0 Å². The minimum absolute atomic E-state index is 0.182. The molecule has 2 aromatic rings. The molecule has 132 valence electrons. The maximum atomic E-state index is 11.9. The quantitative estimate of drug-likeness (QED) is 0.753. The van der Waals surface area contributed by atoms with Gasteiger partial charge in [-0.05, 0) is 23.3 Å². The first kappa shape index (κ1) is 18.5. The summed E-state index contributed by atoms with van der Waals surface area (Å²) in [5.41, 5.74) is 1.78. The zero-order chi connectivity index (χ0) is 18.1. The van der Waals surface area contributed by atoms with Crippen molar-refractivity contribution >= 4 is 11.8 Å². The lowest BCUT2D eigenvalue weighted by atomic mass is 10.1. The van der Waals surface area contributed by atoms with E-state index in [9.17, 15) is 9.59 Å². The highest BCUT2D eigenvalue weighted by Gasteiger charge is 2.17. The molecule has 2 rings (SSSR count). The van der Waals surface area contributed by atoms with Gasteiger partial charge in [-0.15, -0.1) is 0 Å². The maximum Gasteiger partial charge on any atom is 0.309 e. The molecule has 0 aliphatic heterocycles. The third-order valence-electron chi connectivity index (χ3n) is 3.70. The first-order valence-corrected chi connectivity index (χ1v) is 7.90. The Labute approximate surface area is 147 Å². The van der Waals surface area contributed by atoms with E-state index in [0.717, 1.165) is 11.1 Å². The van der Waals surface area contributed by atoms with Crippen molar-refractivity contribution in [1.82, 2.24) is 10.6 Å². The van der Waals surface area contributed by atoms with Crippen molar-refractivity contribution in [2.75, 3.05) is 20.8 Å². The molecule has 2 aromatic carbocycles. The highest BCUT2D eigenvalue weighted by atomic mass is 16.5. The minimum Gasteiger partial charge on any atom is -0.497 e. The molecule has 0 saturated carbocycles. The third-order valence-corrected chi connectivity index (χ3v) is 3.70. The van der Waals surface area contributed by atoms with Gasteiger partial charge in [-0.25, -0.2) is 0 Å². The van der Waals surface area contributed by atoms with Crippen molar-refractivity contribution in [3.8, 4) is 5.75 Å². The van der Waals surface area contributed by atoms with Gasteiger partial charge in [0.05, 0.1) is 13.2 Å². The third kappa shape index (κ3) is 5.61. The van der Waals surface area contributed by atoms with E-state index in [1.165, 1.54) is 0 Å². The van der Waals surface area contributed by atoms with Crippen LogP contribution in [0.25, 0.3) is 0 Å². The molecule has 0 radical (unpaired) electrons. The summed E-state index contributed by atoms with van der Waals surface area (Å²) in [5.74, 6) is -0.670. The van der Waals surface area contributed by atoms with Crippen LogP contribution in [0.3, 0.4) is 0 Å². The van der Waals surface area contributed by atoms with Crippen LogP contribution in [0.2, 0.25) is 0 Å². The molecule has 0 heterocycles. The average Bonchev–Trinajstić information content (AvgIpc) is 2.67. The van der Waals surface area contributed by atoms with Gasteiger partial charge in [0, 0.05) is 20.2 Å². The summed E-state index contributed by atoms with van der Waals surface area (Å²) in [4.78, 5) is 23.8. The van der Waals surface area contributed by atoms with Crippen LogP contribution in [-0.4, -0.2) is 32.6 Å². The predicted octanol–water partition coefficient (Wildman–Crippen LogP) is 1.82. The van der Waals surface area contributed by atoms with Gasteiger partial charge in [0.15, 0.2) is 0 Å². The molecule has 6 heteroatoms. The highest BCUT2D eigenvalue weighted by molar-refractivity contribution is 6.35. The van der Waals surface area contributed by atoms with Crippen molar-refractivity contribution in [3.63, 3.8) is 0 Å². The summed E-state index contributed by atoms with van der Waals surface area (Å²) in [5, 5.41) is 5.18. The van der Waals surface area contributed by atoms with E-state index in [2.05, 4.69) is 10.6 Å². The van der Waals surface area contributed by atoms with Gasteiger partial charge in [-0.1, -0.05) is 42.5 Å². The number of nitrogens with one attached hydrogen (secondary N) is 2. The molecule has 1 atom stereocenters. The van der Waals surface area contributed by atoms with E-state index in [4.69, 9.17) is 9.47 Å². The lowest BCUT2D eigenvalue weighted by molar-refractivity contribution is -0.139. The van der Waals surface area contributed by atoms with E-state index in [1.807, 2.05) is 54.6 Å². The number of rotatable bonds is 7. The molecule has 25 heavy (non-hydrogen) atoms. The molecular formula is C19H22N2O4. The minimum atomic E-state index is -0.694. The zero-order valence-electron chi connectivity index (χ0n) is 14.3. The topological polar surface area (TPSA) is 76.7 Å². The Bertz CT molecular complexity index is 704. The largest absolute Gasteiger partial charge is 0.497 e. The van der Waals surface area contributed by atoms with E-state index < -0.39 is 11.8 Å². The Morgan fingerprint density at radius 1 is 0.960 bits per heavy atom. The summed E-state index contributed by atoms with van der Waals surface area (Å²) in [6.07, 6.45) is -0.374. The lowest BCUT2D eigenvalue weighted by Gasteiger charge is -2.17. The van der Waals surface area contributed by atoms with Crippen LogP contribution in [0.4, 0.5) is 0 Å². The SMILES string of the molecule is COc1cccc([C@@H](CNC(=O)C(=O)NCc2ccccc2)OC)c1. The highest BCUT2D eigenvalue weighted by Crippen LogP contribution is 2.20. The Kier molecular flexibility index (Phi) is 6.98. The molecule has 2 N–H and O–H groups in total. The molecule has 0 saturated heterocycles. The van der Waals surface area contributed by atoms with E-state index in [0.29, 0.717) is 12.3 Å². The molecule has 0 spiro atoms. The predicted molar refractivity (Wildman–Crippen MR) is 94.0 cm³/mol. The molecule has 0 aromatic heterocycles. The van der Waals surface area contributed by atoms with Crippen LogP contribution in [0.15, 0.2) is 54.6 Å². The normalized spacial score (nSPS) is 11.4. The molecular weight excluding hydrogens is 320 g/mol. The molecule has 0 fully saturated rings.